The quantitative estimate of drug-likeness (QED) is 0.804. The average molecular weight is 366 g/mol. The second-order valence-corrected chi connectivity index (χ2v) is 5.84. The minimum absolute atomic E-state index is 0.320. The van der Waals surface area contributed by atoms with Gasteiger partial charge in [0.05, 0.1) is 23.6 Å². The van der Waals surface area contributed by atoms with Gasteiger partial charge in [0, 0.05) is 19.2 Å². The molecule has 1 heterocycles. The van der Waals surface area contributed by atoms with Crippen LogP contribution in [0.4, 0.5) is 27.6 Å². The largest absolute Gasteiger partial charge is 0.481 e. The molecule has 0 aromatic heterocycles. The van der Waals surface area contributed by atoms with Crippen molar-refractivity contribution in [2.45, 2.75) is 19.1 Å². The lowest BCUT2D eigenvalue weighted by atomic mass is 9.96. The van der Waals surface area contributed by atoms with E-state index in [9.17, 15) is 31.5 Å². The molecule has 0 saturated carbocycles. The molecule has 2 N–H and O–H groups in total. The van der Waals surface area contributed by atoms with E-state index < -0.39 is 60.7 Å². The van der Waals surface area contributed by atoms with Crippen LogP contribution in [0.2, 0.25) is 0 Å². The fraction of sp³-hybridized carbons (Fsp3) is 0.467. The van der Waals surface area contributed by atoms with Crippen LogP contribution in [-0.2, 0) is 9.59 Å². The number of likely N-dealkylation sites (tertiary alicyclic amines) is 1. The second kappa shape index (κ2) is 6.95. The highest BCUT2D eigenvalue weighted by molar-refractivity contribution is 5.94. The van der Waals surface area contributed by atoms with Crippen molar-refractivity contribution in [3.05, 3.63) is 29.8 Å². The first-order valence-electron chi connectivity index (χ1n) is 7.30. The number of carboxylic acids is 1. The Labute approximate surface area is 139 Å². The highest BCUT2D eigenvalue weighted by Crippen LogP contribution is 2.38. The van der Waals surface area contributed by atoms with Crippen LogP contribution in [0.1, 0.15) is 6.92 Å². The molecule has 0 radical (unpaired) electrons. The number of alkyl halides is 3. The van der Waals surface area contributed by atoms with E-state index in [4.69, 9.17) is 5.11 Å². The number of rotatable bonds is 4. The maximum atomic E-state index is 13.5. The molecule has 0 aliphatic carbocycles. The van der Waals surface area contributed by atoms with E-state index in [1.165, 1.54) is 6.92 Å². The lowest BCUT2D eigenvalue weighted by Crippen LogP contribution is -2.41. The molecule has 1 saturated heterocycles. The van der Waals surface area contributed by atoms with E-state index in [-0.39, 0.29) is 5.69 Å². The zero-order valence-electron chi connectivity index (χ0n) is 13.0. The van der Waals surface area contributed by atoms with Crippen LogP contribution in [-0.4, -0.2) is 47.2 Å². The lowest BCUT2D eigenvalue weighted by molar-refractivity contribution is -0.188. The molecule has 1 amide bonds. The van der Waals surface area contributed by atoms with Crippen molar-refractivity contribution in [3.8, 4) is 0 Å². The first-order chi connectivity index (χ1) is 11.5. The topological polar surface area (TPSA) is 69.6 Å². The Morgan fingerprint density at radius 1 is 1.28 bits per heavy atom. The molecule has 2 rings (SSSR count). The number of aliphatic carboxylic acids is 1. The smallest absolute Gasteiger partial charge is 0.393 e. The summed E-state index contributed by atoms with van der Waals surface area (Å²) in [4.78, 5) is 24.3. The number of hydrogen-bond acceptors (Lipinski definition) is 3. The summed E-state index contributed by atoms with van der Waals surface area (Å²) in [6.07, 6.45) is -4.71. The normalized spacial score (nSPS) is 22.6. The molecule has 1 aliphatic rings. The molecule has 1 unspecified atom stereocenters. The third kappa shape index (κ3) is 4.25. The molecule has 1 aromatic carbocycles. The van der Waals surface area contributed by atoms with Crippen molar-refractivity contribution in [1.29, 1.82) is 0 Å². The Bertz CT molecular complexity index is 680. The second-order valence-electron chi connectivity index (χ2n) is 5.84. The number of halogens is 5. The first-order valence-corrected chi connectivity index (χ1v) is 7.30. The number of nitrogens with one attached hydrogen (secondary N) is 1. The Kier molecular flexibility index (Phi) is 5.31. The van der Waals surface area contributed by atoms with Gasteiger partial charge in [0.2, 0.25) is 5.91 Å². The third-order valence-electron chi connectivity index (χ3n) is 4.20. The SMILES string of the molecule is CC(C(=O)Nc1ccc(F)cc1F)N1C[C@@H](C(F)(F)F)[C@H](C(=O)O)C1. The van der Waals surface area contributed by atoms with Gasteiger partial charge in [0.1, 0.15) is 11.6 Å². The van der Waals surface area contributed by atoms with Crippen LogP contribution in [0.25, 0.3) is 0 Å². The molecule has 1 fully saturated rings. The highest BCUT2D eigenvalue weighted by atomic mass is 19.4. The Hall–Kier alpha value is -2.23. The summed E-state index contributed by atoms with van der Waals surface area (Å²) in [6, 6.07) is 1.33. The molecule has 10 heteroatoms. The molecule has 3 atom stereocenters. The van der Waals surface area contributed by atoms with E-state index in [0.29, 0.717) is 6.07 Å². The van der Waals surface area contributed by atoms with Gasteiger partial charge in [-0.05, 0) is 19.1 Å². The van der Waals surface area contributed by atoms with Gasteiger partial charge in [-0.3, -0.25) is 14.5 Å². The number of hydrogen-bond donors (Lipinski definition) is 2. The van der Waals surface area contributed by atoms with Gasteiger partial charge in [0.15, 0.2) is 0 Å². The number of amides is 1. The monoisotopic (exact) mass is 366 g/mol. The van der Waals surface area contributed by atoms with E-state index in [1.54, 1.807) is 0 Å². The van der Waals surface area contributed by atoms with Crippen LogP contribution in [0.5, 0.6) is 0 Å². The summed E-state index contributed by atoms with van der Waals surface area (Å²) in [5.41, 5.74) is -0.320. The number of carbonyl (C=O) groups is 2. The third-order valence-corrected chi connectivity index (χ3v) is 4.20. The number of anilines is 1. The summed E-state index contributed by atoms with van der Waals surface area (Å²) < 4.78 is 65.3. The predicted molar refractivity (Wildman–Crippen MR) is 76.7 cm³/mol. The van der Waals surface area contributed by atoms with E-state index in [1.807, 2.05) is 0 Å². The zero-order chi connectivity index (χ0) is 18.9. The average Bonchev–Trinajstić information content (AvgIpc) is 2.94. The molecule has 0 spiro atoms. The molecule has 0 bridgehead atoms. The van der Waals surface area contributed by atoms with Crippen LogP contribution < -0.4 is 5.32 Å². The van der Waals surface area contributed by atoms with Gasteiger partial charge >= 0.3 is 12.1 Å². The number of carboxylic acid groups (broad SMARTS) is 1. The Morgan fingerprint density at radius 2 is 1.92 bits per heavy atom. The van der Waals surface area contributed by atoms with E-state index in [2.05, 4.69) is 5.32 Å². The molecule has 138 valence electrons. The number of carbonyl (C=O) groups excluding carboxylic acids is 1. The summed E-state index contributed by atoms with van der Waals surface area (Å²) in [5, 5.41) is 11.1. The molecule has 5 nitrogen and oxygen atoms in total. The summed E-state index contributed by atoms with van der Waals surface area (Å²) in [6.45, 7) is 0.176. The first kappa shape index (κ1) is 19.1. The van der Waals surface area contributed by atoms with Crippen LogP contribution in [0, 0.1) is 23.5 Å². The van der Waals surface area contributed by atoms with Crippen molar-refractivity contribution < 1.29 is 36.6 Å². The minimum Gasteiger partial charge on any atom is -0.481 e. The fourth-order valence-electron chi connectivity index (χ4n) is 2.73. The van der Waals surface area contributed by atoms with Crippen molar-refractivity contribution in [1.82, 2.24) is 4.90 Å². The van der Waals surface area contributed by atoms with Crippen molar-refractivity contribution in [3.63, 3.8) is 0 Å². The van der Waals surface area contributed by atoms with Gasteiger partial charge < -0.3 is 10.4 Å². The Morgan fingerprint density at radius 3 is 2.40 bits per heavy atom. The van der Waals surface area contributed by atoms with Crippen molar-refractivity contribution in [2.24, 2.45) is 11.8 Å². The van der Waals surface area contributed by atoms with Crippen molar-refractivity contribution >= 4 is 17.6 Å². The summed E-state index contributed by atoms with van der Waals surface area (Å²) in [5.74, 6) is -8.07. The summed E-state index contributed by atoms with van der Waals surface area (Å²) >= 11 is 0. The Balaban J connectivity index is 2.10. The van der Waals surface area contributed by atoms with Gasteiger partial charge in [-0.2, -0.15) is 13.2 Å². The van der Waals surface area contributed by atoms with Gasteiger partial charge in [-0.15, -0.1) is 0 Å². The standard InChI is InChI=1S/C15H15F5N2O3/c1-7(13(23)21-12-3-2-8(16)4-11(12)17)22-5-9(14(24)25)10(6-22)15(18,19)20/h2-4,7,9-10H,5-6H2,1H3,(H,21,23)(H,24,25)/t7?,9-,10-/m1/s1. The number of benzene rings is 1. The minimum atomic E-state index is -4.71. The molecular formula is C15H15F5N2O3. The highest BCUT2D eigenvalue weighted by Gasteiger charge is 2.53. The van der Waals surface area contributed by atoms with Crippen molar-refractivity contribution in [2.75, 3.05) is 18.4 Å². The number of nitrogens with zero attached hydrogens (tertiary/aromatic N) is 1. The summed E-state index contributed by atoms with van der Waals surface area (Å²) in [7, 11) is 0. The van der Waals surface area contributed by atoms with Gasteiger partial charge in [0.25, 0.3) is 0 Å². The molecule has 1 aromatic rings. The zero-order valence-corrected chi connectivity index (χ0v) is 13.0. The van der Waals surface area contributed by atoms with Gasteiger partial charge in [-0.1, -0.05) is 0 Å². The molecule has 25 heavy (non-hydrogen) atoms. The van der Waals surface area contributed by atoms with Crippen LogP contribution >= 0.6 is 0 Å². The maximum absolute atomic E-state index is 13.5. The molecule has 1 aliphatic heterocycles. The van der Waals surface area contributed by atoms with Crippen LogP contribution in [0.3, 0.4) is 0 Å². The fourth-order valence-corrected chi connectivity index (χ4v) is 2.73. The van der Waals surface area contributed by atoms with E-state index in [0.717, 1.165) is 17.0 Å². The maximum Gasteiger partial charge on any atom is 0.393 e. The molecular weight excluding hydrogens is 351 g/mol. The van der Waals surface area contributed by atoms with Crippen LogP contribution in [0.15, 0.2) is 18.2 Å². The lowest BCUT2D eigenvalue weighted by Gasteiger charge is -2.23. The van der Waals surface area contributed by atoms with Gasteiger partial charge in [-0.25, -0.2) is 8.78 Å². The predicted octanol–water partition coefficient (Wildman–Crippen LogP) is 2.49. The van der Waals surface area contributed by atoms with E-state index >= 15 is 0 Å².